The van der Waals surface area contributed by atoms with Gasteiger partial charge in [-0.05, 0) is 41.9 Å². The summed E-state index contributed by atoms with van der Waals surface area (Å²) in [6.07, 6.45) is 1.51. The molecule has 1 aromatic heterocycles. The van der Waals surface area contributed by atoms with Crippen molar-refractivity contribution in [2.45, 2.75) is 25.3 Å². The minimum Gasteiger partial charge on any atom is -0.334 e. The van der Waals surface area contributed by atoms with Crippen LogP contribution in [0.4, 0.5) is 8.78 Å². The van der Waals surface area contributed by atoms with Crippen LogP contribution in [0.25, 0.3) is 0 Å². The van der Waals surface area contributed by atoms with E-state index in [0.717, 1.165) is 30.3 Å². The zero-order valence-corrected chi connectivity index (χ0v) is 13.7. The van der Waals surface area contributed by atoms with E-state index in [1.54, 1.807) is 0 Å². The Hall–Kier alpha value is -2.27. The molecule has 5 heteroatoms. The van der Waals surface area contributed by atoms with Crippen molar-refractivity contribution in [3.8, 4) is 0 Å². The number of hydrogen-bond donors (Lipinski definition) is 1. The monoisotopic (exact) mass is 342 g/mol. The second kappa shape index (κ2) is 5.98. The van der Waals surface area contributed by atoms with Crippen LogP contribution in [0.15, 0.2) is 48.5 Å². The maximum atomic E-state index is 13.5. The van der Waals surface area contributed by atoms with E-state index in [-0.39, 0.29) is 5.92 Å². The summed E-state index contributed by atoms with van der Waals surface area (Å²) >= 11 is 5.43. The second-order valence-electron chi connectivity index (χ2n) is 6.23. The third-order valence-corrected chi connectivity index (χ3v) is 4.92. The van der Waals surface area contributed by atoms with Gasteiger partial charge in [0.25, 0.3) is 0 Å². The van der Waals surface area contributed by atoms with Gasteiger partial charge in [-0.25, -0.2) is 8.78 Å². The van der Waals surface area contributed by atoms with E-state index in [9.17, 15) is 8.78 Å². The molecular weight excluding hydrogens is 326 g/mol. The molecule has 0 aliphatic carbocycles. The highest BCUT2D eigenvalue weighted by Crippen LogP contribution is 2.33. The molecule has 3 aromatic rings. The van der Waals surface area contributed by atoms with Gasteiger partial charge in [0.15, 0.2) is 4.77 Å². The molecule has 24 heavy (non-hydrogen) atoms. The van der Waals surface area contributed by atoms with Gasteiger partial charge in [0, 0.05) is 36.3 Å². The number of halogens is 2. The normalized spacial score (nSPS) is 16.3. The lowest BCUT2D eigenvalue weighted by molar-refractivity contribution is 0.567. The average Bonchev–Trinajstić information content (AvgIpc) is 3.10. The molecule has 1 N–H and O–H groups in total. The van der Waals surface area contributed by atoms with Crippen LogP contribution in [-0.4, -0.2) is 9.55 Å². The lowest BCUT2D eigenvalue weighted by atomic mass is 9.95. The number of hydrogen-bond acceptors (Lipinski definition) is 1. The molecule has 2 aromatic carbocycles. The van der Waals surface area contributed by atoms with Gasteiger partial charge < -0.3 is 9.55 Å². The quantitative estimate of drug-likeness (QED) is 0.681. The van der Waals surface area contributed by atoms with Gasteiger partial charge in [-0.1, -0.05) is 30.3 Å². The van der Waals surface area contributed by atoms with E-state index >= 15 is 0 Å². The highest BCUT2D eigenvalue weighted by Gasteiger charge is 2.27. The molecule has 0 saturated carbocycles. The number of nitrogens with zero attached hydrogens (tertiary/aromatic N) is 1. The smallest absolute Gasteiger partial charge is 0.177 e. The van der Waals surface area contributed by atoms with Gasteiger partial charge in [-0.15, -0.1) is 0 Å². The number of fused-ring (bicyclic) bond motifs is 1. The Morgan fingerprint density at radius 3 is 2.50 bits per heavy atom. The summed E-state index contributed by atoms with van der Waals surface area (Å²) < 4.78 is 29.8. The van der Waals surface area contributed by atoms with Crippen molar-refractivity contribution in [1.29, 1.82) is 0 Å². The molecule has 0 radical (unpaired) electrons. The third-order valence-electron chi connectivity index (χ3n) is 4.60. The van der Waals surface area contributed by atoms with Gasteiger partial charge in [0.2, 0.25) is 0 Å². The molecule has 1 aliphatic heterocycles. The SMILES string of the molecule is Fc1cc(F)cc([C@@H]2Cc3c(Cc4ccccc4)[nH]c(=S)n3C2)c1. The topological polar surface area (TPSA) is 20.7 Å². The molecule has 122 valence electrons. The molecule has 0 bridgehead atoms. The molecule has 2 heterocycles. The molecule has 0 unspecified atom stereocenters. The number of aromatic amines is 1. The Morgan fingerprint density at radius 2 is 1.79 bits per heavy atom. The zero-order valence-electron chi connectivity index (χ0n) is 12.9. The molecule has 1 atom stereocenters. The minimum atomic E-state index is -0.531. The minimum absolute atomic E-state index is 0.0519. The van der Waals surface area contributed by atoms with E-state index in [0.29, 0.717) is 16.9 Å². The lowest BCUT2D eigenvalue weighted by Gasteiger charge is -2.10. The fraction of sp³-hybridized carbons (Fsp3) is 0.211. The summed E-state index contributed by atoms with van der Waals surface area (Å²) in [6, 6.07) is 13.9. The summed E-state index contributed by atoms with van der Waals surface area (Å²) in [7, 11) is 0. The van der Waals surface area contributed by atoms with Crippen molar-refractivity contribution in [2.75, 3.05) is 0 Å². The third kappa shape index (κ3) is 2.80. The van der Waals surface area contributed by atoms with Gasteiger partial charge in [0.1, 0.15) is 11.6 Å². The Labute approximate surface area is 143 Å². The largest absolute Gasteiger partial charge is 0.334 e. The van der Waals surface area contributed by atoms with Crippen LogP contribution < -0.4 is 0 Å². The number of nitrogens with one attached hydrogen (secondary N) is 1. The Bertz CT molecular complexity index is 923. The first-order chi connectivity index (χ1) is 11.6. The predicted octanol–water partition coefficient (Wildman–Crippen LogP) is 4.75. The van der Waals surface area contributed by atoms with E-state index in [1.165, 1.54) is 17.7 Å². The van der Waals surface area contributed by atoms with Crippen molar-refractivity contribution < 1.29 is 8.78 Å². The van der Waals surface area contributed by atoms with Crippen LogP contribution >= 0.6 is 12.2 Å². The summed E-state index contributed by atoms with van der Waals surface area (Å²) in [5.74, 6) is -1.01. The van der Waals surface area contributed by atoms with E-state index in [1.807, 2.05) is 18.2 Å². The van der Waals surface area contributed by atoms with Crippen molar-refractivity contribution in [2.24, 2.45) is 0 Å². The predicted molar refractivity (Wildman–Crippen MR) is 91.7 cm³/mol. The van der Waals surface area contributed by atoms with Crippen molar-refractivity contribution in [3.05, 3.63) is 87.5 Å². The van der Waals surface area contributed by atoms with Gasteiger partial charge in [0.05, 0.1) is 0 Å². The standard InChI is InChI=1S/C19H16F2N2S/c20-15-7-13(8-16(21)10-15)14-9-18-17(22-19(24)23(18)11-14)6-12-4-2-1-3-5-12/h1-5,7-8,10,14H,6,9,11H2,(H,22,24)/t14-/m1/s1. The second-order valence-corrected chi connectivity index (χ2v) is 6.62. The summed E-state index contributed by atoms with van der Waals surface area (Å²) in [6.45, 7) is 0.655. The van der Waals surface area contributed by atoms with Crippen LogP contribution in [0.2, 0.25) is 0 Å². The van der Waals surface area contributed by atoms with Gasteiger partial charge in [-0.3, -0.25) is 0 Å². The summed E-state index contributed by atoms with van der Waals surface area (Å²) in [5, 5.41) is 0. The average molecular weight is 342 g/mol. The van der Waals surface area contributed by atoms with Crippen LogP contribution in [0, 0.1) is 16.4 Å². The summed E-state index contributed by atoms with van der Waals surface area (Å²) in [4.78, 5) is 3.29. The highest BCUT2D eigenvalue weighted by atomic mass is 32.1. The number of H-pyrrole nitrogens is 1. The molecule has 0 spiro atoms. The number of rotatable bonds is 3. The van der Waals surface area contributed by atoms with Crippen LogP contribution in [0.5, 0.6) is 0 Å². The molecule has 2 nitrogen and oxygen atoms in total. The van der Waals surface area contributed by atoms with Crippen LogP contribution in [-0.2, 0) is 19.4 Å². The molecular formula is C19H16F2N2S. The van der Waals surface area contributed by atoms with Crippen molar-refractivity contribution in [3.63, 3.8) is 0 Å². The van der Waals surface area contributed by atoms with Crippen molar-refractivity contribution >= 4 is 12.2 Å². The number of benzene rings is 2. The zero-order chi connectivity index (χ0) is 16.7. The number of aromatic nitrogens is 2. The Morgan fingerprint density at radius 1 is 1.08 bits per heavy atom. The van der Waals surface area contributed by atoms with E-state index in [4.69, 9.17) is 12.2 Å². The summed E-state index contributed by atoms with van der Waals surface area (Å²) in [5.41, 5.74) is 4.12. The highest BCUT2D eigenvalue weighted by molar-refractivity contribution is 7.71. The Balaban J connectivity index is 1.65. The molecule has 0 saturated heterocycles. The maximum Gasteiger partial charge on any atom is 0.177 e. The molecule has 1 aliphatic rings. The fourth-order valence-electron chi connectivity index (χ4n) is 3.48. The fourth-order valence-corrected chi connectivity index (χ4v) is 3.79. The van der Waals surface area contributed by atoms with Crippen LogP contribution in [0.3, 0.4) is 0 Å². The van der Waals surface area contributed by atoms with Gasteiger partial charge >= 0.3 is 0 Å². The van der Waals surface area contributed by atoms with E-state index in [2.05, 4.69) is 21.7 Å². The van der Waals surface area contributed by atoms with Gasteiger partial charge in [-0.2, -0.15) is 0 Å². The molecule has 4 rings (SSSR count). The van der Waals surface area contributed by atoms with Crippen LogP contribution in [0.1, 0.15) is 28.4 Å². The maximum absolute atomic E-state index is 13.5. The lowest BCUT2D eigenvalue weighted by Crippen LogP contribution is -2.03. The first kappa shape index (κ1) is 15.3. The van der Waals surface area contributed by atoms with E-state index < -0.39 is 11.6 Å². The van der Waals surface area contributed by atoms with Crippen molar-refractivity contribution in [1.82, 2.24) is 9.55 Å². The molecule has 0 amide bonds. The number of imidazole rings is 1. The first-order valence-electron chi connectivity index (χ1n) is 7.90. The first-order valence-corrected chi connectivity index (χ1v) is 8.31. The molecule has 0 fully saturated rings. The Kier molecular flexibility index (Phi) is 3.81.